The van der Waals surface area contributed by atoms with Crippen LogP contribution in [0.3, 0.4) is 0 Å². The van der Waals surface area contributed by atoms with Crippen LogP contribution in [-0.4, -0.2) is 28.3 Å². The van der Waals surface area contributed by atoms with Crippen molar-refractivity contribution in [1.29, 1.82) is 0 Å². The van der Waals surface area contributed by atoms with Crippen LogP contribution in [0.1, 0.15) is 86.7 Å². The lowest BCUT2D eigenvalue weighted by Crippen LogP contribution is -1.97. The maximum absolute atomic E-state index is 12.6. The smallest absolute Gasteiger partial charge is 0.185 e. The summed E-state index contributed by atoms with van der Waals surface area (Å²) >= 11 is 0. The quantitative estimate of drug-likeness (QED) is 0.0922. The minimum absolute atomic E-state index is 0.00618. The van der Waals surface area contributed by atoms with Crippen LogP contribution in [0.25, 0.3) is 6.08 Å². The van der Waals surface area contributed by atoms with Crippen molar-refractivity contribution in [2.45, 2.75) is 65.2 Å². The molecular formula is C33H39NO4. The number of hydrogen-bond donors (Lipinski definition) is 2. The number of benzene rings is 3. The number of ketones is 1. The number of phenolic OH excluding ortho intramolecular Hbond substituents is 2. The molecule has 0 aliphatic heterocycles. The Balaban J connectivity index is 1.44. The Morgan fingerprint density at radius 1 is 0.842 bits per heavy atom. The summed E-state index contributed by atoms with van der Waals surface area (Å²) in [5.41, 5.74) is 3.30. The molecule has 0 saturated heterocycles. The summed E-state index contributed by atoms with van der Waals surface area (Å²) in [5.74, 6) is 0.714. The molecule has 3 rings (SSSR count). The molecule has 0 aliphatic rings. The highest BCUT2D eigenvalue weighted by atomic mass is 16.5. The van der Waals surface area contributed by atoms with Crippen LogP contribution in [0, 0.1) is 0 Å². The second-order valence-electron chi connectivity index (χ2n) is 9.54. The summed E-state index contributed by atoms with van der Waals surface area (Å²) in [7, 11) is 0. The topological polar surface area (TPSA) is 79.1 Å². The Bertz CT molecular complexity index is 1210. The number of aliphatic imine (C=N–C) groups is 1. The number of hydrogen-bond acceptors (Lipinski definition) is 5. The lowest BCUT2D eigenvalue weighted by atomic mass is 10.1. The Kier molecular flexibility index (Phi) is 11.6. The molecule has 3 aromatic rings. The molecular weight excluding hydrogens is 474 g/mol. The molecule has 0 amide bonds. The Hall–Kier alpha value is -3.86. The van der Waals surface area contributed by atoms with Gasteiger partial charge in [-0.15, -0.1) is 0 Å². The first-order valence-electron chi connectivity index (χ1n) is 13.6. The first-order valence-corrected chi connectivity index (χ1v) is 13.6. The highest BCUT2D eigenvalue weighted by molar-refractivity contribution is 6.07. The van der Waals surface area contributed by atoms with Crippen molar-refractivity contribution >= 4 is 23.3 Å². The molecule has 3 aromatic carbocycles. The second kappa shape index (κ2) is 15.4. The predicted molar refractivity (Wildman–Crippen MR) is 156 cm³/mol. The molecule has 0 heterocycles. The normalized spacial score (nSPS) is 11.7. The number of phenols is 2. The fourth-order valence-electron chi connectivity index (χ4n) is 4.15. The predicted octanol–water partition coefficient (Wildman–Crippen LogP) is 8.65. The van der Waals surface area contributed by atoms with Gasteiger partial charge >= 0.3 is 0 Å². The minimum Gasteiger partial charge on any atom is -0.508 e. The molecule has 0 unspecified atom stereocenters. The number of allylic oxidation sites excluding steroid dienone is 1. The van der Waals surface area contributed by atoms with Crippen molar-refractivity contribution in [3.8, 4) is 17.2 Å². The number of aromatic hydroxyl groups is 2. The molecule has 0 aliphatic carbocycles. The standard InChI is InChI=1S/C33H39NO4/c1-3-4-5-6-7-8-9-10-23-38-30-19-11-26(12-20-30)13-22-32(36)27-14-16-28(17-15-27)34-25(2)31-21-18-29(35)24-33(31)37/h11-22,24,35,37H,3-10,23H2,1-2H3/b22-13+,34-25?. The molecule has 5 heteroatoms. The largest absolute Gasteiger partial charge is 0.508 e. The van der Waals surface area contributed by atoms with E-state index in [0.29, 0.717) is 22.5 Å². The number of rotatable bonds is 15. The lowest BCUT2D eigenvalue weighted by molar-refractivity contribution is 0.104. The third-order valence-electron chi connectivity index (χ3n) is 6.39. The molecule has 0 spiro atoms. The maximum atomic E-state index is 12.6. The van der Waals surface area contributed by atoms with E-state index in [1.165, 1.54) is 57.1 Å². The molecule has 38 heavy (non-hydrogen) atoms. The van der Waals surface area contributed by atoms with Crippen LogP contribution >= 0.6 is 0 Å². The SMILES string of the molecule is CCCCCCCCCCOc1ccc(/C=C/C(=O)c2ccc(N=C(C)c3ccc(O)cc3O)cc2)cc1. The van der Waals surface area contributed by atoms with E-state index in [-0.39, 0.29) is 17.3 Å². The molecule has 0 atom stereocenters. The van der Waals surface area contributed by atoms with Crippen molar-refractivity contribution in [2.75, 3.05) is 6.61 Å². The van der Waals surface area contributed by atoms with Crippen LogP contribution in [0.15, 0.2) is 77.8 Å². The van der Waals surface area contributed by atoms with Crippen molar-refractivity contribution in [1.82, 2.24) is 0 Å². The number of nitrogens with zero attached hydrogens (tertiary/aromatic N) is 1. The van der Waals surface area contributed by atoms with Gasteiger partial charge in [0.2, 0.25) is 0 Å². The molecule has 0 fully saturated rings. The highest BCUT2D eigenvalue weighted by Gasteiger charge is 2.07. The van der Waals surface area contributed by atoms with Gasteiger partial charge in [0, 0.05) is 22.9 Å². The summed E-state index contributed by atoms with van der Waals surface area (Å²) < 4.78 is 5.85. The van der Waals surface area contributed by atoms with E-state index in [0.717, 1.165) is 24.3 Å². The number of unbranched alkanes of at least 4 members (excludes halogenated alkanes) is 7. The fourth-order valence-corrected chi connectivity index (χ4v) is 4.15. The number of carbonyl (C=O) groups is 1. The molecule has 2 N–H and O–H groups in total. The van der Waals surface area contributed by atoms with Gasteiger partial charge < -0.3 is 14.9 Å². The van der Waals surface area contributed by atoms with Crippen molar-refractivity contribution in [2.24, 2.45) is 4.99 Å². The van der Waals surface area contributed by atoms with Crippen LogP contribution in [0.5, 0.6) is 17.2 Å². The molecule has 0 radical (unpaired) electrons. The third-order valence-corrected chi connectivity index (χ3v) is 6.39. The van der Waals surface area contributed by atoms with E-state index in [2.05, 4.69) is 11.9 Å². The fraction of sp³-hybridized carbons (Fsp3) is 0.333. The zero-order valence-corrected chi connectivity index (χ0v) is 22.5. The van der Waals surface area contributed by atoms with E-state index >= 15 is 0 Å². The average molecular weight is 514 g/mol. The third kappa shape index (κ3) is 9.55. The van der Waals surface area contributed by atoms with Crippen molar-refractivity contribution in [3.63, 3.8) is 0 Å². The summed E-state index contributed by atoms with van der Waals surface area (Å²) in [6.45, 7) is 4.76. The van der Waals surface area contributed by atoms with Crippen LogP contribution < -0.4 is 4.74 Å². The van der Waals surface area contributed by atoms with Gasteiger partial charge in [-0.2, -0.15) is 0 Å². The molecule has 0 saturated carbocycles. The van der Waals surface area contributed by atoms with E-state index < -0.39 is 0 Å². The van der Waals surface area contributed by atoms with Gasteiger partial charge in [-0.3, -0.25) is 9.79 Å². The number of carbonyl (C=O) groups excluding carboxylic acids is 1. The Labute approximate surface area is 226 Å². The van der Waals surface area contributed by atoms with E-state index in [4.69, 9.17) is 4.74 Å². The monoisotopic (exact) mass is 513 g/mol. The van der Waals surface area contributed by atoms with Gasteiger partial charge in [0.15, 0.2) is 5.78 Å². The highest BCUT2D eigenvalue weighted by Crippen LogP contribution is 2.25. The first-order chi connectivity index (χ1) is 18.5. The second-order valence-corrected chi connectivity index (χ2v) is 9.54. The van der Waals surface area contributed by atoms with E-state index in [1.54, 1.807) is 49.4 Å². The first kappa shape index (κ1) is 28.7. The van der Waals surface area contributed by atoms with E-state index in [1.807, 2.05) is 24.3 Å². The van der Waals surface area contributed by atoms with Crippen molar-refractivity contribution < 1.29 is 19.7 Å². The van der Waals surface area contributed by atoms with Gasteiger partial charge in [-0.1, -0.05) is 70.1 Å². The molecule has 0 aromatic heterocycles. The van der Waals surface area contributed by atoms with Crippen LogP contribution in [0.2, 0.25) is 0 Å². The minimum atomic E-state index is -0.0940. The summed E-state index contributed by atoms with van der Waals surface area (Å²) in [5, 5.41) is 19.5. The number of ether oxygens (including phenoxy) is 1. The zero-order chi connectivity index (χ0) is 27.2. The zero-order valence-electron chi connectivity index (χ0n) is 22.5. The van der Waals surface area contributed by atoms with Gasteiger partial charge in [0.25, 0.3) is 0 Å². The summed E-state index contributed by atoms with van der Waals surface area (Å²) in [6.07, 6.45) is 13.6. The molecule has 200 valence electrons. The maximum Gasteiger partial charge on any atom is 0.185 e. The molecule has 0 bridgehead atoms. The van der Waals surface area contributed by atoms with Gasteiger partial charge in [0.1, 0.15) is 17.2 Å². The average Bonchev–Trinajstić information content (AvgIpc) is 2.92. The van der Waals surface area contributed by atoms with Gasteiger partial charge in [0.05, 0.1) is 12.3 Å². The Morgan fingerprint density at radius 2 is 1.50 bits per heavy atom. The molecule has 5 nitrogen and oxygen atoms in total. The van der Waals surface area contributed by atoms with Crippen LogP contribution in [-0.2, 0) is 0 Å². The van der Waals surface area contributed by atoms with Crippen LogP contribution in [0.4, 0.5) is 5.69 Å². The summed E-state index contributed by atoms with van der Waals surface area (Å²) in [4.78, 5) is 17.1. The van der Waals surface area contributed by atoms with Crippen molar-refractivity contribution in [3.05, 3.63) is 89.5 Å². The Morgan fingerprint density at radius 3 is 2.16 bits per heavy atom. The van der Waals surface area contributed by atoms with Gasteiger partial charge in [-0.25, -0.2) is 0 Å². The lowest BCUT2D eigenvalue weighted by Gasteiger charge is -2.06. The van der Waals surface area contributed by atoms with E-state index in [9.17, 15) is 15.0 Å². The van der Waals surface area contributed by atoms with Gasteiger partial charge in [-0.05, 0) is 73.5 Å². The summed E-state index contributed by atoms with van der Waals surface area (Å²) in [6, 6.07) is 19.2.